The van der Waals surface area contributed by atoms with Gasteiger partial charge in [-0.15, -0.1) is 0 Å². The lowest BCUT2D eigenvalue weighted by atomic mass is 10.1. The average molecular weight is 368 g/mol. The Morgan fingerprint density at radius 3 is 2.52 bits per heavy atom. The molecule has 142 valence electrons. The molecular formula is C21H24N2O4. The van der Waals surface area contributed by atoms with Gasteiger partial charge < -0.3 is 19.7 Å². The third kappa shape index (κ3) is 3.89. The van der Waals surface area contributed by atoms with Crippen LogP contribution in [0.15, 0.2) is 36.4 Å². The molecule has 1 heterocycles. The summed E-state index contributed by atoms with van der Waals surface area (Å²) in [6, 6.07) is 11.1. The van der Waals surface area contributed by atoms with Crippen LogP contribution in [0.25, 0.3) is 0 Å². The number of methoxy groups -OCH3 is 2. The second-order valence-corrected chi connectivity index (χ2v) is 6.73. The molecule has 1 aliphatic rings. The monoisotopic (exact) mass is 368 g/mol. The predicted molar refractivity (Wildman–Crippen MR) is 105 cm³/mol. The van der Waals surface area contributed by atoms with Crippen LogP contribution < -0.4 is 19.7 Å². The number of carbonyl (C=O) groups excluding carboxylic acids is 2. The Balaban J connectivity index is 1.73. The van der Waals surface area contributed by atoms with Crippen LogP contribution in [-0.4, -0.2) is 32.6 Å². The molecule has 1 atom stereocenters. The maximum atomic E-state index is 12.7. The number of hydrogen-bond acceptors (Lipinski definition) is 4. The molecule has 6 heteroatoms. The zero-order valence-corrected chi connectivity index (χ0v) is 16.0. The Morgan fingerprint density at radius 1 is 1.07 bits per heavy atom. The lowest BCUT2D eigenvalue weighted by Gasteiger charge is -2.18. The first-order chi connectivity index (χ1) is 12.9. The van der Waals surface area contributed by atoms with Crippen molar-refractivity contribution in [1.29, 1.82) is 0 Å². The number of carbonyl (C=O) groups is 2. The fraction of sp³-hybridized carbons (Fsp3) is 0.333. The van der Waals surface area contributed by atoms with E-state index >= 15 is 0 Å². The molecule has 0 bridgehead atoms. The summed E-state index contributed by atoms with van der Waals surface area (Å²) in [7, 11) is 3.10. The first-order valence-corrected chi connectivity index (χ1v) is 8.83. The number of aryl methyl sites for hydroxylation is 2. The maximum Gasteiger partial charge on any atom is 0.229 e. The molecule has 0 spiro atoms. The van der Waals surface area contributed by atoms with Gasteiger partial charge >= 0.3 is 0 Å². The van der Waals surface area contributed by atoms with E-state index in [1.807, 2.05) is 32.0 Å². The van der Waals surface area contributed by atoms with E-state index in [9.17, 15) is 9.59 Å². The normalized spacial score (nSPS) is 16.4. The summed E-state index contributed by atoms with van der Waals surface area (Å²) < 4.78 is 10.5. The Morgan fingerprint density at radius 2 is 1.85 bits per heavy atom. The van der Waals surface area contributed by atoms with Gasteiger partial charge in [-0.3, -0.25) is 9.59 Å². The van der Waals surface area contributed by atoms with Gasteiger partial charge in [0.05, 0.1) is 25.8 Å². The molecule has 2 aromatic rings. The van der Waals surface area contributed by atoms with E-state index in [4.69, 9.17) is 9.47 Å². The van der Waals surface area contributed by atoms with Crippen molar-refractivity contribution < 1.29 is 19.1 Å². The molecule has 27 heavy (non-hydrogen) atoms. The van der Waals surface area contributed by atoms with Gasteiger partial charge in [-0.25, -0.2) is 0 Å². The largest absolute Gasteiger partial charge is 0.497 e. The maximum absolute atomic E-state index is 12.7. The van der Waals surface area contributed by atoms with Gasteiger partial charge in [-0.2, -0.15) is 0 Å². The van der Waals surface area contributed by atoms with Crippen molar-refractivity contribution in [2.75, 3.05) is 31.0 Å². The number of ether oxygens (including phenoxy) is 2. The lowest BCUT2D eigenvalue weighted by molar-refractivity contribution is -0.122. The molecule has 1 aliphatic heterocycles. The quantitative estimate of drug-likeness (QED) is 0.879. The van der Waals surface area contributed by atoms with Gasteiger partial charge in [0.25, 0.3) is 0 Å². The molecule has 0 aromatic heterocycles. The number of nitrogens with one attached hydrogen (secondary N) is 1. The van der Waals surface area contributed by atoms with Gasteiger partial charge in [0.1, 0.15) is 11.5 Å². The fourth-order valence-electron chi connectivity index (χ4n) is 3.16. The van der Waals surface area contributed by atoms with Crippen molar-refractivity contribution in [3.8, 4) is 11.5 Å². The number of rotatable bonds is 5. The summed E-state index contributed by atoms with van der Waals surface area (Å²) in [5.41, 5.74) is 3.68. The van der Waals surface area contributed by atoms with E-state index in [-0.39, 0.29) is 18.2 Å². The fourth-order valence-corrected chi connectivity index (χ4v) is 3.16. The molecule has 0 saturated carbocycles. The molecule has 1 fully saturated rings. The van der Waals surface area contributed by atoms with Crippen molar-refractivity contribution in [3.05, 3.63) is 47.5 Å². The molecular weight excluding hydrogens is 344 g/mol. The summed E-state index contributed by atoms with van der Waals surface area (Å²) in [5.74, 6) is 0.504. The lowest BCUT2D eigenvalue weighted by Crippen LogP contribution is -2.28. The van der Waals surface area contributed by atoms with E-state index in [2.05, 4.69) is 5.32 Å². The molecule has 0 unspecified atom stereocenters. The summed E-state index contributed by atoms with van der Waals surface area (Å²) in [6.07, 6.45) is 0.192. The highest BCUT2D eigenvalue weighted by Gasteiger charge is 2.35. The van der Waals surface area contributed by atoms with Crippen LogP contribution in [-0.2, 0) is 9.59 Å². The SMILES string of the molecule is COc1ccc(NC(=O)[C@@H]2CC(=O)N(c3ccc(C)c(C)c3)C2)c(OC)c1. The predicted octanol–water partition coefficient (Wildman–Crippen LogP) is 3.31. The van der Waals surface area contributed by atoms with Crippen molar-refractivity contribution >= 4 is 23.2 Å². The van der Waals surface area contributed by atoms with Crippen molar-refractivity contribution in [2.45, 2.75) is 20.3 Å². The van der Waals surface area contributed by atoms with Crippen LogP contribution in [0.3, 0.4) is 0 Å². The highest BCUT2D eigenvalue weighted by atomic mass is 16.5. The first-order valence-electron chi connectivity index (χ1n) is 8.83. The van der Waals surface area contributed by atoms with Gasteiger partial charge in [-0.1, -0.05) is 6.07 Å². The van der Waals surface area contributed by atoms with Crippen LogP contribution >= 0.6 is 0 Å². The second-order valence-electron chi connectivity index (χ2n) is 6.73. The van der Waals surface area contributed by atoms with E-state index < -0.39 is 5.92 Å². The molecule has 1 saturated heterocycles. The molecule has 3 rings (SSSR count). The van der Waals surface area contributed by atoms with Gasteiger partial charge in [-0.05, 0) is 49.2 Å². The van der Waals surface area contributed by atoms with Crippen LogP contribution in [0.5, 0.6) is 11.5 Å². The smallest absolute Gasteiger partial charge is 0.229 e. The van der Waals surface area contributed by atoms with Crippen LogP contribution in [0.4, 0.5) is 11.4 Å². The molecule has 6 nitrogen and oxygen atoms in total. The van der Waals surface area contributed by atoms with Crippen LogP contribution in [0.1, 0.15) is 17.5 Å². The van der Waals surface area contributed by atoms with Crippen molar-refractivity contribution in [2.24, 2.45) is 5.92 Å². The minimum atomic E-state index is -0.411. The molecule has 2 aromatic carbocycles. The van der Waals surface area contributed by atoms with Gasteiger partial charge in [0.15, 0.2) is 0 Å². The highest BCUT2D eigenvalue weighted by Crippen LogP contribution is 2.31. The molecule has 0 radical (unpaired) electrons. The average Bonchev–Trinajstić information content (AvgIpc) is 3.06. The Bertz CT molecular complexity index is 878. The zero-order valence-electron chi connectivity index (χ0n) is 16.0. The third-order valence-electron chi connectivity index (χ3n) is 4.96. The molecule has 0 aliphatic carbocycles. The number of anilines is 2. The van der Waals surface area contributed by atoms with E-state index in [1.54, 1.807) is 30.2 Å². The minimum Gasteiger partial charge on any atom is -0.497 e. The van der Waals surface area contributed by atoms with E-state index in [0.717, 1.165) is 11.3 Å². The van der Waals surface area contributed by atoms with E-state index in [1.165, 1.54) is 12.7 Å². The van der Waals surface area contributed by atoms with Gasteiger partial charge in [0.2, 0.25) is 11.8 Å². The van der Waals surface area contributed by atoms with Gasteiger partial charge in [0, 0.05) is 24.7 Å². The Hall–Kier alpha value is -3.02. The summed E-state index contributed by atoms with van der Waals surface area (Å²) in [4.78, 5) is 26.8. The van der Waals surface area contributed by atoms with Crippen LogP contribution in [0.2, 0.25) is 0 Å². The third-order valence-corrected chi connectivity index (χ3v) is 4.96. The summed E-state index contributed by atoms with van der Waals surface area (Å²) >= 11 is 0. The number of hydrogen-bond donors (Lipinski definition) is 1. The zero-order chi connectivity index (χ0) is 19.6. The standard InChI is InChI=1S/C21H24N2O4/c1-13-5-6-16(9-14(13)2)23-12-15(10-20(23)24)21(25)22-18-8-7-17(26-3)11-19(18)27-4/h5-9,11,15H,10,12H2,1-4H3,(H,22,25)/t15-/m1/s1. The van der Waals surface area contributed by atoms with Crippen molar-refractivity contribution in [1.82, 2.24) is 0 Å². The number of nitrogens with zero attached hydrogens (tertiary/aromatic N) is 1. The highest BCUT2D eigenvalue weighted by molar-refractivity contribution is 6.04. The Labute approximate surface area is 159 Å². The summed E-state index contributed by atoms with van der Waals surface area (Å²) in [6.45, 7) is 4.41. The van der Waals surface area contributed by atoms with E-state index in [0.29, 0.717) is 23.7 Å². The number of benzene rings is 2. The Kier molecular flexibility index (Phi) is 5.35. The molecule has 2 amide bonds. The van der Waals surface area contributed by atoms with Crippen LogP contribution in [0, 0.1) is 19.8 Å². The second kappa shape index (κ2) is 7.70. The number of amides is 2. The topological polar surface area (TPSA) is 67.9 Å². The van der Waals surface area contributed by atoms with Crippen molar-refractivity contribution in [3.63, 3.8) is 0 Å². The minimum absolute atomic E-state index is 0.0416. The molecule has 1 N–H and O–H groups in total. The summed E-state index contributed by atoms with van der Waals surface area (Å²) in [5, 5.41) is 2.87. The first kappa shape index (κ1) is 18.8.